The van der Waals surface area contributed by atoms with Crippen LogP contribution < -0.4 is 9.47 Å². The second-order valence-electron chi connectivity index (χ2n) is 7.17. The second kappa shape index (κ2) is 9.41. The lowest BCUT2D eigenvalue weighted by Crippen LogP contribution is -2.24. The number of nitrogens with zero attached hydrogens (tertiary/aromatic N) is 1. The lowest BCUT2D eigenvalue weighted by atomic mass is 10.0. The Kier molecular flexibility index (Phi) is 7.20. The summed E-state index contributed by atoms with van der Waals surface area (Å²) < 4.78 is 21.8. The van der Waals surface area contributed by atoms with E-state index in [1.807, 2.05) is 13.8 Å². The smallest absolute Gasteiger partial charge is 0.340 e. The van der Waals surface area contributed by atoms with Crippen molar-refractivity contribution in [2.45, 2.75) is 40.2 Å². The molecule has 0 saturated carbocycles. The molecular formula is C22H27NO6. The minimum absolute atomic E-state index is 0.305. The average Bonchev–Trinajstić information content (AvgIpc) is 2.66. The first-order valence-corrected chi connectivity index (χ1v) is 9.40. The molecule has 1 aromatic carbocycles. The van der Waals surface area contributed by atoms with Gasteiger partial charge >= 0.3 is 11.9 Å². The highest BCUT2D eigenvalue weighted by molar-refractivity contribution is 5.94. The van der Waals surface area contributed by atoms with Crippen LogP contribution in [0.2, 0.25) is 0 Å². The van der Waals surface area contributed by atoms with E-state index in [0.29, 0.717) is 47.0 Å². The number of pyridine rings is 1. The lowest BCUT2D eigenvalue weighted by molar-refractivity contribution is 0.00689. The number of hydrogen-bond acceptors (Lipinski definition) is 7. The highest BCUT2D eigenvalue weighted by Crippen LogP contribution is 2.40. The number of methoxy groups -OCH3 is 1. The van der Waals surface area contributed by atoms with Gasteiger partial charge in [-0.3, -0.25) is 4.98 Å². The Morgan fingerprint density at radius 2 is 1.48 bits per heavy atom. The van der Waals surface area contributed by atoms with E-state index in [1.165, 1.54) is 13.3 Å². The predicted octanol–water partition coefficient (Wildman–Crippen LogP) is 4.29. The van der Waals surface area contributed by atoms with Gasteiger partial charge in [0.1, 0.15) is 17.1 Å². The van der Waals surface area contributed by atoms with Crippen LogP contribution in [0.25, 0.3) is 11.1 Å². The van der Waals surface area contributed by atoms with Gasteiger partial charge in [-0.2, -0.15) is 0 Å². The van der Waals surface area contributed by atoms with E-state index in [2.05, 4.69) is 4.98 Å². The first-order chi connectivity index (χ1) is 13.7. The van der Waals surface area contributed by atoms with Crippen molar-refractivity contribution in [3.63, 3.8) is 0 Å². The summed E-state index contributed by atoms with van der Waals surface area (Å²) in [7, 11) is 1.31. The van der Waals surface area contributed by atoms with E-state index < -0.39 is 17.5 Å². The SMILES string of the molecule is CCOc1cc(C(=O)OC)cc(OCC)c1-c1cncc(C(=O)OC(C)(C)C)c1. The summed E-state index contributed by atoms with van der Waals surface area (Å²) in [5, 5.41) is 0. The molecule has 2 rings (SSSR count). The van der Waals surface area contributed by atoms with E-state index in [4.69, 9.17) is 18.9 Å². The maximum atomic E-state index is 12.5. The molecule has 7 heteroatoms. The minimum atomic E-state index is -0.623. The molecule has 156 valence electrons. The zero-order chi connectivity index (χ0) is 21.6. The summed E-state index contributed by atoms with van der Waals surface area (Å²) in [5.74, 6) is -0.114. The first-order valence-electron chi connectivity index (χ1n) is 9.40. The number of ether oxygens (including phenoxy) is 4. The van der Waals surface area contributed by atoms with Gasteiger partial charge in [0.15, 0.2) is 0 Å². The Hall–Kier alpha value is -3.09. The third-order valence-electron chi connectivity index (χ3n) is 3.75. The predicted molar refractivity (Wildman–Crippen MR) is 109 cm³/mol. The number of aromatic nitrogens is 1. The Morgan fingerprint density at radius 3 is 1.97 bits per heavy atom. The quantitative estimate of drug-likeness (QED) is 0.640. The third-order valence-corrected chi connectivity index (χ3v) is 3.75. The van der Waals surface area contributed by atoms with Crippen LogP contribution >= 0.6 is 0 Å². The number of carbonyl (C=O) groups excluding carboxylic acids is 2. The summed E-state index contributed by atoms with van der Waals surface area (Å²) >= 11 is 0. The van der Waals surface area contributed by atoms with Crippen molar-refractivity contribution in [3.05, 3.63) is 41.7 Å². The van der Waals surface area contributed by atoms with E-state index in [1.54, 1.807) is 45.2 Å². The van der Waals surface area contributed by atoms with Crippen LogP contribution in [0, 0.1) is 0 Å². The Balaban J connectivity index is 2.61. The fourth-order valence-corrected chi connectivity index (χ4v) is 2.67. The molecule has 1 aromatic heterocycles. The molecule has 1 heterocycles. The molecule has 0 amide bonds. The highest BCUT2D eigenvalue weighted by Gasteiger charge is 2.22. The molecule has 0 radical (unpaired) electrons. The van der Waals surface area contributed by atoms with E-state index >= 15 is 0 Å². The molecule has 0 N–H and O–H groups in total. The molecule has 0 aliphatic carbocycles. The summed E-state index contributed by atoms with van der Waals surface area (Å²) in [6.45, 7) is 9.83. The van der Waals surface area contributed by atoms with Gasteiger partial charge in [0, 0.05) is 18.0 Å². The van der Waals surface area contributed by atoms with Crippen LogP contribution in [0.5, 0.6) is 11.5 Å². The number of benzene rings is 1. The van der Waals surface area contributed by atoms with Gasteiger partial charge < -0.3 is 18.9 Å². The molecule has 0 atom stereocenters. The van der Waals surface area contributed by atoms with Gasteiger partial charge in [0.25, 0.3) is 0 Å². The third kappa shape index (κ3) is 5.70. The first kappa shape index (κ1) is 22.2. The zero-order valence-electron chi connectivity index (χ0n) is 17.7. The molecule has 0 fully saturated rings. The number of hydrogen-bond donors (Lipinski definition) is 0. The summed E-state index contributed by atoms with van der Waals surface area (Å²) in [5.41, 5.74) is 1.19. The largest absolute Gasteiger partial charge is 0.493 e. The minimum Gasteiger partial charge on any atom is -0.493 e. The van der Waals surface area contributed by atoms with Gasteiger partial charge in [-0.15, -0.1) is 0 Å². The van der Waals surface area contributed by atoms with E-state index in [9.17, 15) is 9.59 Å². The highest BCUT2D eigenvalue weighted by atomic mass is 16.6. The monoisotopic (exact) mass is 401 g/mol. The van der Waals surface area contributed by atoms with Crippen molar-refractivity contribution in [1.29, 1.82) is 0 Å². The molecule has 0 aliphatic rings. The molecule has 0 spiro atoms. The normalized spacial score (nSPS) is 11.0. The molecular weight excluding hydrogens is 374 g/mol. The van der Waals surface area contributed by atoms with Gasteiger partial charge in [-0.05, 0) is 52.8 Å². The number of esters is 2. The molecule has 29 heavy (non-hydrogen) atoms. The van der Waals surface area contributed by atoms with Crippen molar-refractivity contribution in [1.82, 2.24) is 4.98 Å². The standard InChI is InChI=1S/C22H27NO6/c1-7-27-17-10-14(20(24)26-6)11-18(28-8-2)19(17)15-9-16(13-23-12-15)21(25)29-22(3,4)5/h9-13H,7-8H2,1-6H3. The summed E-state index contributed by atoms with van der Waals surface area (Å²) in [6, 6.07) is 4.85. The van der Waals surface area contributed by atoms with Gasteiger partial charge in [-0.1, -0.05) is 0 Å². The Morgan fingerprint density at radius 1 is 0.897 bits per heavy atom. The van der Waals surface area contributed by atoms with Crippen LogP contribution in [0.1, 0.15) is 55.3 Å². The summed E-state index contributed by atoms with van der Waals surface area (Å²) in [4.78, 5) is 28.7. The average molecular weight is 401 g/mol. The van der Waals surface area contributed by atoms with Crippen molar-refractivity contribution < 1.29 is 28.5 Å². The van der Waals surface area contributed by atoms with Crippen molar-refractivity contribution in [3.8, 4) is 22.6 Å². The zero-order valence-corrected chi connectivity index (χ0v) is 17.7. The van der Waals surface area contributed by atoms with Crippen molar-refractivity contribution in [2.24, 2.45) is 0 Å². The lowest BCUT2D eigenvalue weighted by Gasteiger charge is -2.20. The van der Waals surface area contributed by atoms with Crippen molar-refractivity contribution >= 4 is 11.9 Å². The van der Waals surface area contributed by atoms with Crippen LogP contribution in [0.3, 0.4) is 0 Å². The Labute approximate surface area is 170 Å². The van der Waals surface area contributed by atoms with E-state index in [-0.39, 0.29) is 0 Å². The van der Waals surface area contributed by atoms with Crippen molar-refractivity contribution in [2.75, 3.05) is 20.3 Å². The molecule has 2 aromatic rings. The van der Waals surface area contributed by atoms with Gasteiger partial charge in [-0.25, -0.2) is 9.59 Å². The topological polar surface area (TPSA) is 84.0 Å². The van der Waals surface area contributed by atoms with E-state index in [0.717, 1.165) is 0 Å². The maximum absolute atomic E-state index is 12.5. The molecule has 7 nitrogen and oxygen atoms in total. The number of rotatable bonds is 7. The summed E-state index contributed by atoms with van der Waals surface area (Å²) in [6.07, 6.45) is 3.05. The van der Waals surface area contributed by atoms with Crippen LogP contribution in [0.4, 0.5) is 0 Å². The van der Waals surface area contributed by atoms with Crippen LogP contribution in [0.15, 0.2) is 30.6 Å². The van der Waals surface area contributed by atoms with Gasteiger partial charge in [0.05, 0.1) is 37.0 Å². The fourth-order valence-electron chi connectivity index (χ4n) is 2.67. The maximum Gasteiger partial charge on any atom is 0.340 e. The fraction of sp³-hybridized carbons (Fsp3) is 0.409. The molecule has 0 unspecified atom stereocenters. The Bertz CT molecular complexity index is 858. The molecule has 0 saturated heterocycles. The molecule has 0 aliphatic heterocycles. The van der Waals surface area contributed by atoms with Crippen LogP contribution in [-0.2, 0) is 9.47 Å². The molecule has 0 bridgehead atoms. The number of carbonyl (C=O) groups is 2. The van der Waals surface area contributed by atoms with Gasteiger partial charge in [0.2, 0.25) is 0 Å². The second-order valence-corrected chi connectivity index (χ2v) is 7.17. The van der Waals surface area contributed by atoms with Crippen LogP contribution in [-0.4, -0.2) is 42.8 Å².